The number of amides is 1. The zero-order valence-electron chi connectivity index (χ0n) is 19.7. The van der Waals surface area contributed by atoms with Gasteiger partial charge in [0.15, 0.2) is 0 Å². The van der Waals surface area contributed by atoms with Crippen molar-refractivity contribution in [2.75, 3.05) is 39.5 Å². The van der Waals surface area contributed by atoms with Crippen molar-refractivity contribution in [3.63, 3.8) is 0 Å². The molecule has 2 fully saturated rings. The molecule has 8 nitrogen and oxygen atoms in total. The SMILES string of the molecule is O=C(O)C[C@H](CC(=O)[C@@H]1CCCN(C(=O)CCC2CCNCC2)C1)c1cncc(OCCF)c1. The van der Waals surface area contributed by atoms with Crippen molar-refractivity contribution in [3.05, 3.63) is 24.0 Å². The molecule has 0 saturated carbocycles. The quantitative estimate of drug-likeness (QED) is 0.476. The Bertz CT molecular complexity index is 831. The molecule has 2 saturated heterocycles. The zero-order chi connectivity index (χ0) is 24.3. The Kier molecular flexibility index (Phi) is 10.2. The average molecular weight is 478 g/mol. The van der Waals surface area contributed by atoms with E-state index in [2.05, 4.69) is 10.3 Å². The van der Waals surface area contributed by atoms with Crippen molar-refractivity contribution in [2.45, 2.75) is 57.3 Å². The number of carbonyl (C=O) groups excluding carboxylic acids is 2. The number of pyridine rings is 1. The van der Waals surface area contributed by atoms with Crippen LogP contribution in [-0.4, -0.2) is 72.1 Å². The minimum Gasteiger partial charge on any atom is -0.489 e. The van der Waals surface area contributed by atoms with E-state index in [-0.39, 0.29) is 37.1 Å². The summed E-state index contributed by atoms with van der Waals surface area (Å²) in [7, 11) is 0. The summed E-state index contributed by atoms with van der Waals surface area (Å²) in [5, 5.41) is 12.7. The third kappa shape index (κ3) is 8.04. The number of ketones is 1. The number of rotatable bonds is 12. The molecule has 2 aliphatic heterocycles. The molecule has 2 N–H and O–H groups in total. The molecule has 3 rings (SSSR count). The van der Waals surface area contributed by atoms with Gasteiger partial charge in [-0.25, -0.2) is 4.39 Å². The smallest absolute Gasteiger partial charge is 0.303 e. The number of carbonyl (C=O) groups is 3. The molecule has 0 aliphatic carbocycles. The molecule has 0 spiro atoms. The van der Waals surface area contributed by atoms with Gasteiger partial charge < -0.3 is 20.1 Å². The van der Waals surface area contributed by atoms with Crippen LogP contribution < -0.4 is 10.1 Å². The summed E-state index contributed by atoms with van der Waals surface area (Å²) < 4.78 is 17.7. The summed E-state index contributed by atoms with van der Waals surface area (Å²) in [6.45, 7) is 2.34. The topological polar surface area (TPSA) is 109 Å². The van der Waals surface area contributed by atoms with Gasteiger partial charge in [0.2, 0.25) is 5.91 Å². The Morgan fingerprint density at radius 2 is 2.00 bits per heavy atom. The van der Waals surface area contributed by atoms with Gasteiger partial charge in [0.1, 0.15) is 24.8 Å². The monoisotopic (exact) mass is 477 g/mol. The van der Waals surface area contributed by atoms with E-state index in [1.807, 2.05) is 4.90 Å². The molecule has 0 unspecified atom stereocenters. The summed E-state index contributed by atoms with van der Waals surface area (Å²) in [6.07, 6.45) is 7.90. The third-order valence-electron chi connectivity index (χ3n) is 6.87. The summed E-state index contributed by atoms with van der Waals surface area (Å²) in [4.78, 5) is 43.3. The molecule has 0 bridgehead atoms. The first-order valence-corrected chi connectivity index (χ1v) is 12.3. The molecule has 3 heterocycles. The maximum atomic E-state index is 13.2. The van der Waals surface area contributed by atoms with Crippen molar-refractivity contribution < 1.29 is 28.6 Å². The van der Waals surface area contributed by atoms with Crippen LogP contribution in [0.2, 0.25) is 0 Å². The number of likely N-dealkylation sites (tertiary alicyclic amines) is 1. The molecular weight excluding hydrogens is 441 g/mol. The van der Waals surface area contributed by atoms with Crippen LogP contribution in [0.3, 0.4) is 0 Å². The molecule has 34 heavy (non-hydrogen) atoms. The number of Topliss-reactive ketones (excluding diaryl/α,β-unsaturated/α-hetero) is 1. The van der Waals surface area contributed by atoms with Gasteiger partial charge in [0.25, 0.3) is 0 Å². The lowest BCUT2D eigenvalue weighted by molar-refractivity contribution is -0.137. The second-order valence-corrected chi connectivity index (χ2v) is 9.37. The minimum atomic E-state index is -1.01. The van der Waals surface area contributed by atoms with Crippen molar-refractivity contribution in [1.82, 2.24) is 15.2 Å². The Morgan fingerprint density at radius 3 is 2.74 bits per heavy atom. The second kappa shape index (κ2) is 13.4. The summed E-state index contributed by atoms with van der Waals surface area (Å²) in [6, 6.07) is 1.63. The van der Waals surface area contributed by atoms with Crippen LogP contribution in [0.25, 0.3) is 0 Å². The Balaban J connectivity index is 1.57. The number of halogens is 1. The maximum absolute atomic E-state index is 13.2. The number of hydrogen-bond donors (Lipinski definition) is 2. The number of piperidine rings is 2. The van der Waals surface area contributed by atoms with Crippen LogP contribution in [0.15, 0.2) is 18.5 Å². The van der Waals surface area contributed by atoms with Crippen LogP contribution in [0.5, 0.6) is 5.75 Å². The van der Waals surface area contributed by atoms with Crippen molar-refractivity contribution in [2.24, 2.45) is 11.8 Å². The van der Waals surface area contributed by atoms with E-state index in [1.165, 1.54) is 12.4 Å². The van der Waals surface area contributed by atoms with E-state index in [1.54, 1.807) is 6.07 Å². The molecule has 0 radical (unpaired) electrons. The highest BCUT2D eigenvalue weighted by Crippen LogP contribution is 2.30. The highest BCUT2D eigenvalue weighted by molar-refractivity contribution is 5.84. The first-order valence-electron chi connectivity index (χ1n) is 12.3. The van der Waals surface area contributed by atoms with Crippen LogP contribution >= 0.6 is 0 Å². The van der Waals surface area contributed by atoms with Crippen LogP contribution in [0.1, 0.15) is 62.8 Å². The van der Waals surface area contributed by atoms with E-state index in [4.69, 9.17) is 4.74 Å². The van der Waals surface area contributed by atoms with Crippen LogP contribution in [0, 0.1) is 11.8 Å². The fourth-order valence-corrected chi connectivity index (χ4v) is 4.94. The number of aromatic nitrogens is 1. The highest BCUT2D eigenvalue weighted by atomic mass is 19.1. The summed E-state index contributed by atoms with van der Waals surface area (Å²) in [5.41, 5.74) is 0.581. The number of hydrogen-bond acceptors (Lipinski definition) is 6. The normalized spacial score (nSPS) is 20.0. The lowest BCUT2D eigenvalue weighted by Gasteiger charge is -2.33. The molecule has 0 aromatic carbocycles. The number of aliphatic carboxylic acids is 1. The lowest BCUT2D eigenvalue weighted by atomic mass is 9.84. The fraction of sp³-hybridized carbons (Fsp3) is 0.680. The molecule has 1 aromatic rings. The fourth-order valence-electron chi connectivity index (χ4n) is 4.94. The number of nitrogens with zero attached hydrogens (tertiary/aromatic N) is 2. The Labute approximate surface area is 200 Å². The van der Waals surface area contributed by atoms with Gasteiger partial charge in [0.05, 0.1) is 12.6 Å². The van der Waals surface area contributed by atoms with E-state index in [0.29, 0.717) is 43.2 Å². The molecular formula is C25H36FN3O5. The first kappa shape index (κ1) is 26.1. The maximum Gasteiger partial charge on any atom is 0.303 e. The number of nitrogens with one attached hydrogen (secondary N) is 1. The molecule has 2 aliphatic rings. The van der Waals surface area contributed by atoms with Gasteiger partial charge in [-0.15, -0.1) is 0 Å². The lowest BCUT2D eigenvalue weighted by Crippen LogP contribution is -2.42. The number of alkyl halides is 1. The molecule has 2 atom stereocenters. The average Bonchev–Trinajstić information content (AvgIpc) is 2.86. The third-order valence-corrected chi connectivity index (χ3v) is 6.87. The number of carboxylic acid groups (broad SMARTS) is 1. The van der Waals surface area contributed by atoms with E-state index >= 15 is 0 Å². The van der Waals surface area contributed by atoms with Gasteiger partial charge >= 0.3 is 5.97 Å². The summed E-state index contributed by atoms with van der Waals surface area (Å²) >= 11 is 0. The van der Waals surface area contributed by atoms with Gasteiger partial charge in [-0.3, -0.25) is 19.4 Å². The molecule has 1 aromatic heterocycles. The largest absolute Gasteiger partial charge is 0.489 e. The van der Waals surface area contributed by atoms with Crippen molar-refractivity contribution >= 4 is 17.7 Å². The van der Waals surface area contributed by atoms with Crippen LogP contribution in [-0.2, 0) is 14.4 Å². The minimum absolute atomic E-state index is 0.0304. The number of ether oxygens (including phenoxy) is 1. The summed E-state index contributed by atoms with van der Waals surface area (Å²) in [5.74, 6) is -0.837. The molecule has 9 heteroatoms. The standard InChI is InChI=1S/C25H36FN3O5/c26-7-11-34-22-12-21(15-28-16-22)20(14-25(32)33)13-23(30)19-2-1-10-29(17-19)24(31)4-3-18-5-8-27-9-6-18/h12,15-16,18-20,27H,1-11,13-14,17H2,(H,32,33)/t19-,20+/m1/s1. The van der Waals surface area contributed by atoms with Gasteiger partial charge in [0, 0.05) is 44.0 Å². The first-order chi connectivity index (χ1) is 16.5. The second-order valence-electron chi connectivity index (χ2n) is 9.37. The number of carboxylic acids is 1. The zero-order valence-corrected chi connectivity index (χ0v) is 19.7. The highest BCUT2D eigenvalue weighted by Gasteiger charge is 2.31. The van der Waals surface area contributed by atoms with Gasteiger partial charge in [-0.2, -0.15) is 0 Å². The molecule has 1 amide bonds. The van der Waals surface area contributed by atoms with E-state index in [9.17, 15) is 23.9 Å². The van der Waals surface area contributed by atoms with Crippen molar-refractivity contribution in [3.8, 4) is 5.75 Å². The van der Waals surface area contributed by atoms with Crippen molar-refractivity contribution in [1.29, 1.82) is 0 Å². The Hall–Kier alpha value is -2.55. The Morgan fingerprint density at radius 1 is 1.21 bits per heavy atom. The molecule has 188 valence electrons. The van der Waals surface area contributed by atoms with Crippen LogP contribution in [0.4, 0.5) is 4.39 Å². The predicted molar refractivity (Wildman–Crippen MR) is 124 cm³/mol. The van der Waals surface area contributed by atoms with Gasteiger partial charge in [-0.05, 0) is 62.7 Å². The van der Waals surface area contributed by atoms with E-state index in [0.717, 1.165) is 38.8 Å². The predicted octanol–water partition coefficient (Wildman–Crippen LogP) is 2.97. The van der Waals surface area contributed by atoms with Gasteiger partial charge in [-0.1, -0.05) is 0 Å². The van der Waals surface area contributed by atoms with E-state index < -0.39 is 18.6 Å².